The van der Waals surface area contributed by atoms with Gasteiger partial charge in [-0.15, -0.1) is 0 Å². The Hall–Kier alpha value is -2.56. The summed E-state index contributed by atoms with van der Waals surface area (Å²) in [4.78, 5) is 16.5. The van der Waals surface area contributed by atoms with Gasteiger partial charge in [-0.05, 0) is 35.4 Å². The van der Waals surface area contributed by atoms with Crippen molar-refractivity contribution >= 4 is 34.9 Å². The van der Waals surface area contributed by atoms with Gasteiger partial charge in [0.1, 0.15) is 5.82 Å². The molecule has 0 fully saturated rings. The summed E-state index contributed by atoms with van der Waals surface area (Å²) in [5.74, 6) is 0.475. The molecule has 4 nitrogen and oxygen atoms in total. The Morgan fingerprint density at radius 2 is 1.46 bits per heavy atom. The molecule has 3 aromatic rings. The first kappa shape index (κ1) is 18.2. The zero-order valence-electron chi connectivity index (χ0n) is 13.9. The van der Waals surface area contributed by atoms with Crippen molar-refractivity contribution in [2.45, 2.75) is 13.1 Å². The second-order valence-corrected chi connectivity index (χ2v) is 6.47. The van der Waals surface area contributed by atoms with E-state index in [0.29, 0.717) is 34.5 Å². The van der Waals surface area contributed by atoms with E-state index < -0.39 is 0 Å². The third-order valence-corrected chi connectivity index (χ3v) is 4.58. The van der Waals surface area contributed by atoms with E-state index >= 15 is 0 Å². The van der Waals surface area contributed by atoms with Crippen LogP contribution in [0, 0.1) is 0 Å². The van der Waals surface area contributed by atoms with Gasteiger partial charge in [-0.25, -0.2) is 4.98 Å². The maximum Gasteiger partial charge on any atom is 0.253 e. The summed E-state index contributed by atoms with van der Waals surface area (Å²) in [6, 6.07) is 18.5. The standard InChI is InChI=1S/C20H17Cl2N3O/c21-17-7-3-1-5-14(17)11-23-19-10-9-16(13-24-19)20(26)25-12-15-6-2-4-8-18(15)22/h1-10,13H,11-12H2,(H,23,24)(H,25,26). The monoisotopic (exact) mass is 385 g/mol. The molecule has 0 aliphatic heterocycles. The number of carbonyl (C=O) groups is 1. The molecule has 1 aromatic heterocycles. The molecular weight excluding hydrogens is 369 g/mol. The quantitative estimate of drug-likeness (QED) is 0.632. The number of aromatic nitrogens is 1. The van der Waals surface area contributed by atoms with Crippen molar-refractivity contribution in [2.75, 3.05) is 5.32 Å². The topological polar surface area (TPSA) is 54.0 Å². The van der Waals surface area contributed by atoms with Gasteiger partial charge < -0.3 is 10.6 Å². The fraction of sp³-hybridized carbons (Fsp3) is 0.100. The maximum atomic E-state index is 12.2. The molecule has 0 bridgehead atoms. The van der Waals surface area contributed by atoms with Crippen LogP contribution in [0.15, 0.2) is 66.9 Å². The molecule has 0 aliphatic carbocycles. The SMILES string of the molecule is O=C(NCc1ccccc1Cl)c1ccc(NCc2ccccc2Cl)nc1. The molecule has 3 rings (SSSR count). The molecule has 2 aromatic carbocycles. The first-order valence-corrected chi connectivity index (χ1v) is 8.84. The van der Waals surface area contributed by atoms with Crippen molar-refractivity contribution in [1.29, 1.82) is 0 Å². The predicted octanol–water partition coefficient (Wildman–Crippen LogP) is 4.93. The number of halogens is 2. The molecule has 0 saturated carbocycles. The van der Waals surface area contributed by atoms with Gasteiger partial charge in [0.15, 0.2) is 0 Å². The summed E-state index contributed by atoms with van der Waals surface area (Å²) >= 11 is 12.2. The molecule has 1 heterocycles. The van der Waals surface area contributed by atoms with E-state index in [1.165, 1.54) is 6.20 Å². The largest absolute Gasteiger partial charge is 0.366 e. The lowest BCUT2D eigenvalue weighted by molar-refractivity contribution is 0.0950. The minimum atomic E-state index is -0.199. The Morgan fingerprint density at radius 1 is 0.846 bits per heavy atom. The number of nitrogens with zero attached hydrogens (tertiary/aromatic N) is 1. The smallest absolute Gasteiger partial charge is 0.253 e. The summed E-state index contributed by atoms with van der Waals surface area (Å²) in [7, 11) is 0. The average Bonchev–Trinajstić information content (AvgIpc) is 2.67. The van der Waals surface area contributed by atoms with Gasteiger partial charge in [0.2, 0.25) is 0 Å². The second-order valence-electron chi connectivity index (χ2n) is 5.65. The number of amides is 1. The Kier molecular flexibility index (Phi) is 6.10. The number of hydrogen-bond donors (Lipinski definition) is 2. The van der Waals surface area contributed by atoms with Crippen LogP contribution in [0.2, 0.25) is 10.0 Å². The van der Waals surface area contributed by atoms with Crippen molar-refractivity contribution < 1.29 is 4.79 Å². The van der Waals surface area contributed by atoms with Gasteiger partial charge >= 0.3 is 0 Å². The molecule has 0 spiro atoms. The molecule has 0 radical (unpaired) electrons. The van der Waals surface area contributed by atoms with Gasteiger partial charge in [-0.3, -0.25) is 4.79 Å². The van der Waals surface area contributed by atoms with Gasteiger partial charge in [0.25, 0.3) is 5.91 Å². The molecule has 0 aliphatic rings. The molecule has 0 saturated heterocycles. The van der Waals surface area contributed by atoms with Crippen LogP contribution in [0.25, 0.3) is 0 Å². The van der Waals surface area contributed by atoms with Crippen LogP contribution in [0.4, 0.5) is 5.82 Å². The highest BCUT2D eigenvalue weighted by Crippen LogP contribution is 2.17. The summed E-state index contributed by atoms with van der Waals surface area (Å²) in [6.45, 7) is 0.926. The van der Waals surface area contributed by atoms with Crippen LogP contribution >= 0.6 is 23.2 Å². The van der Waals surface area contributed by atoms with Crippen molar-refractivity contribution in [3.05, 3.63) is 93.6 Å². The Balaban J connectivity index is 1.56. The van der Waals surface area contributed by atoms with Crippen molar-refractivity contribution in [3.8, 4) is 0 Å². The molecule has 2 N–H and O–H groups in total. The van der Waals surface area contributed by atoms with Gasteiger partial charge in [0, 0.05) is 29.3 Å². The molecular formula is C20H17Cl2N3O. The van der Waals surface area contributed by atoms with Gasteiger partial charge in [-0.2, -0.15) is 0 Å². The van der Waals surface area contributed by atoms with E-state index in [2.05, 4.69) is 15.6 Å². The van der Waals surface area contributed by atoms with E-state index in [9.17, 15) is 4.79 Å². The molecule has 6 heteroatoms. The Morgan fingerprint density at radius 3 is 2.04 bits per heavy atom. The van der Waals surface area contributed by atoms with Gasteiger partial charge in [-0.1, -0.05) is 59.6 Å². The second kappa shape index (κ2) is 8.70. The Bertz CT molecular complexity index is 898. The Labute approximate surface area is 162 Å². The minimum Gasteiger partial charge on any atom is -0.366 e. The number of rotatable bonds is 6. The zero-order chi connectivity index (χ0) is 18.4. The number of carbonyl (C=O) groups excluding carboxylic acids is 1. The highest BCUT2D eigenvalue weighted by atomic mass is 35.5. The van der Waals surface area contributed by atoms with Crippen LogP contribution in [0.1, 0.15) is 21.5 Å². The average molecular weight is 386 g/mol. The van der Waals surface area contributed by atoms with E-state index in [1.807, 2.05) is 42.5 Å². The zero-order valence-corrected chi connectivity index (χ0v) is 15.4. The minimum absolute atomic E-state index is 0.199. The lowest BCUT2D eigenvalue weighted by Crippen LogP contribution is -2.23. The maximum absolute atomic E-state index is 12.2. The summed E-state index contributed by atoms with van der Waals surface area (Å²) in [5.41, 5.74) is 2.34. The summed E-state index contributed by atoms with van der Waals surface area (Å²) in [5, 5.41) is 7.36. The molecule has 0 atom stereocenters. The van der Waals surface area contributed by atoms with Crippen LogP contribution in [-0.2, 0) is 13.1 Å². The van der Waals surface area contributed by atoms with E-state index in [-0.39, 0.29) is 5.91 Å². The lowest BCUT2D eigenvalue weighted by atomic mass is 10.2. The third-order valence-electron chi connectivity index (χ3n) is 3.84. The molecule has 1 amide bonds. The highest BCUT2D eigenvalue weighted by molar-refractivity contribution is 6.31. The number of nitrogens with one attached hydrogen (secondary N) is 2. The third kappa shape index (κ3) is 4.75. The van der Waals surface area contributed by atoms with Crippen molar-refractivity contribution in [1.82, 2.24) is 10.3 Å². The number of anilines is 1. The number of pyridine rings is 1. The van der Waals surface area contributed by atoms with Crippen molar-refractivity contribution in [2.24, 2.45) is 0 Å². The lowest BCUT2D eigenvalue weighted by Gasteiger charge is -2.09. The molecule has 0 unspecified atom stereocenters. The van der Waals surface area contributed by atoms with Crippen LogP contribution < -0.4 is 10.6 Å². The molecule has 26 heavy (non-hydrogen) atoms. The molecule has 132 valence electrons. The van der Waals surface area contributed by atoms with Crippen LogP contribution in [-0.4, -0.2) is 10.9 Å². The highest BCUT2D eigenvalue weighted by Gasteiger charge is 2.07. The summed E-state index contributed by atoms with van der Waals surface area (Å²) < 4.78 is 0. The van der Waals surface area contributed by atoms with E-state index in [1.54, 1.807) is 18.2 Å². The first-order chi connectivity index (χ1) is 12.6. The van der Waals surface area contributed by atoms with Gasteiger partial charge in [0.05, 0.1) is 5.56 Å². The van der Waals surface area contributed by atoms with Crippen molar-refractivity contribution in [3.63, 3.8) is 0 Å². The summed E-state index contributed by atoms with van der Waals surface area (Å²) in [6.07, 6.45) is 1.54. The number of benzene rings is 2. The fourth-order valence-electron chi connectivity index (χ4n) is 2.38. The first-order valence-electron chi connectivity index (χ1n) is 8.08. The van der Waals surface area contributed by atoms with Crippen LogP contribution in [0.3, 0.4) is 0 Å². The fourth-order valence-corrected chi connectivity index (χ4v) is 2.78. The van der Waals surface area contributed by atoms with Crippen LogP contribution in [0.5, 0.6) is 0 Å². The van der Waals surface area contributed by atoms with E-state index in [4.69, 9.17) is 23.2 Å². The number of hydrogen-bond acceptors (Lipinski definition) is 3. The predicted molar refractivity (Wildman–Crippen MR) is 106 cm³/mol. The normalized spacial score (nSPS) is 10.4. The van der Waals surface area contributed by atoms with E-state index in [0.717, 1.165) is 11.1 Å².